The first-order chi connectivity index (χ1) is 11.1. The molecule has 0 fully saturated rings. The van der Waals surface area contributed by atoms with Gasteiger partial charge in [-0.1, -0.05) is 12.1 Å². The molecule has 0 aliphatic carbocycles. The Morgan fingerprint density at radius 3 is 2.57 bits per heavy atom. The zero-order valence-electron chi connectivity index (χ0n) is 12.3. The van der Waals surface area contributed by atoms with Gasteiger partial charge in [-0.05, 0) is 48.6 Å². The van der Waals surface area contributed by atoms with Crippen molar-refractivity contribution in [3.05, 3.63) is 59.7 Å². The zero-order valence-corrected chi connectivity index (χ0v) is 13.1. The Morgan fingerprint density at radius 1 is 1.22 bits per heavy atom. The summed E-state index contributed by atoms with van der Waals surface area (Å²) in [5.74, 6) is -0.264. The van der Waals surface area contributed by atoms with Gasteiger partial charge in [-0.2, -0.15) is 5.10 Å². The summed E-state index contributed by atoms with van der Waals surface area (Å²) >= 11 is 5.10. The van der Waals surface area contributed by atoms with Crippen molar-refractivity contribution < 1.29 is 14.6 Å². The summed E-state index contributed by atoms with van der Waals surface area (Å²) < 4.78 is 4.62. The van der Waals surface area contributed by atoms with E-state index < -0.39 is 5.97 Å². The number of aromatic hydroxyl groups is 1. The molecule has 0 bridgehead atoms. The number of hydrazone groups is 1. The van der Waals surface area contributed by atoms with Crippen LogP contribution in [-0.2, 0) is 4.74 Å². The number of carbonyl (C=O) groups is 1. The van der Waals surface area contributed by atoms with E-state index in [1.165, 1.54) is 13.3 Å². The van der Waals surface area contributed by atoms with E-state index in [0.29, 0.717) is 16.8 Å². The van der Waals surface area contributed by atoms with E-state index in [1.807, 2.05) is 0 Å². The van der Waals surface area contributed by atoms with Crippen LogP contribution in [0.5, 0.6) is 5.75 Å². The van der Waals surface area contributed by atoms with Crippen LogP contribution in [0.1, 0.15) is 15.9 Å². The Kier molecular flexibility index (Phi) is 5.65. The van der Waals surface area contributed by atoms with Gasteiger partial charge in [-0.15, -0.1) is 0 Å². The first-order valence-electron chi connectivity index (χ1n) is 6.66. The minimum Gasteiger partial charge on any atom is -0.507 e. The molecule has 0 spiro atoms. The van der Waals surface area contributed by atoms with Gasteiger partial charge in [-0.25, -0.2) is 4.79 Å². The minimum atomic E-state index is -0.399. The average Bonchev–Trinajstić information content (AvgIpc) is 2.56. The number of benzene rings is 2. The van der Waals surface area contributed by atoms with Crippen LogP contribution in [0.4, 0.5) is 5.69 Å². The molecule has 2 aromatic carbocycles. The maximum atomic E-state index is 11.3. The van der Waals surface area contributed by atoms with Gasteiger partial charge >= 0.3 is 5.97 Å². The first-order valence-corrected chi connectivity index (χ1v) is 7.07. The fourth-order valence-electron chi connectivity index (χ4n) is 1.72. The van der Waals surface area contributed by atoms with Gasteiger partial charge in [-0.3, -0.25) is 5.43 Å². The van der Waals surface area contributed by atoms with Crippen LogP contribution in [-0.4, -0.2) is 29.5 Å². The highest BCUT2D eigenvalue weighted by Crippen LogP contribution is 2.12. The van der Waals surface area contributed by atoms with Crippen molar-refractivity contribution in [2.24, 2.45) is 5.10 Å². The molecular formula is C16H15N3O3S. The van der Waals surface area contributed by atoms with Gasteiger partial charge in [0, 0.05) is 11.3 Å². The van der Waals surface area contributed by atoms with Crippen molar-refractivity contribution in [2.75, 3.05) is 12.4 Å². The van der Waals surface area contributed by atoms with Crippen molar-refractivity contribution >= 4 is 35.2 Å². The number of hydrogen-bond donors (Lipinski definition) is 3. The fraction of sp³-hybridized carbons (Fsp3) is 0.0625. The second-order valence-corrected chi connectivity index (χ2v) is 4.86. The highest BCUT2D eigenvalue weighted by molar-refractivity contribution is 7.80. The number of phenolic OH excluding ortho intramolecular Hbond substituents is 1. The van der Waals surface area contributed by atoms with Crippen LogP contribution >= 0.6 is 12.2 Å². The van der Waals surface area contributed by atoms with Gasteiger partial charge in [0.1, 0.15) is 5.75 Å². The lowest BCUT2D eigenvalue weighted by atomic mass is 10.2. The van der Waals surface area contributed by atoms with E-state index in [1.54, 1.807) is 48.5 Å². The fourth-order valence-corrected chi connectivity index (χ4v) is 1.89. The molecule has 0 radical (unpaired) electrons. The molecular weight excluding hydrogens is 314 g/mol. The largest absolute Gasteiger partial charge is 0.507 e. The van der Waals surface area contributed by atoms with Crippen LogP contribution in [0.3, 0.4) is 0 Å². The summed E-state index contributed by atoms with van der Waals surface area (Å²) in [6, 6.07) is 13.5. The van der Waals surface area contributed by atoms with Crippen molar-refractivity contribution in [2.45, 2.75) is 0 Å². The summed E-state index contributed by atoms with van der Waals surface area (Å²) in [4.78, 5) is 11.3. The third-order valence-electron chi connectivity index (χ3n) is 2.87. The highest BCUT2D eigenvalue weighted by atomic mass is 32.1. The van der Waals surface area contributed by atoms with Crippen LogP contribution in [0.25, 0.3) is 0 Å². The Labute approximate surface area is 138 Å². The van der Waals surface area contributed by atoms with Crippen molar-refractivity contribution in [1.29, 1.82) is 0 Å². The number of para-hydroxylation sites is 1. The predicted molar refractivity (Wildman–Crippen MR) is 92.8 cm³/mol. The maximum absolute atomic E-state index is 11.3. The van der Waals surface area contributed by atoms with Crippen molar-refractivity contribution in [3.63, 3.8) is 0 Å². The molecule has 7 heteroatoms. The first kappa shape index (κ1) is 16.4. The number of carbonyl (C=O) groups excluding carboxylic acids is 1. The van der Waals surface area contributed by atoms with Gasteiger partial charge in [0.25, 0.3) is 0 Å². The van der Waals surface area contributed by atoms with Crippen molar-refractivity contribution in [3.8, 4) is 5.75 Å². The van der Waals surface area contributed by atoms with E-state index in [-0.39, 0.29) is 10.9 Å². The third kappa shape index (κ3) is 4.79. The normalized spacial score (nSPS) is 10.3. The number of nitrogens with zero attached hydrogens (tertiary/aromatic N) is 1. The van der Waals surface area contributed by atoms with E-state index >= 15 is 0 Å². The number of phenols is 1. The molecule has 2 rings (SSSR count). The monoisotopic (exact) mass is 329 g/mol. The predicted octanol–water partition coefficient (Wildman–Crippen LogP) is 2.50. The number of esters is 1. The van der Waals surface area contributed by atoms with Crippen LogP contribution < -0.4 is 10.7 Å². The second kappa shape index (κ2) is 7.90. The Hall–Kier alpha value is -2.93. The molecule has 23 heavy (non-hydrogen) atoms. The second-order valence-electron chi connectivity index (χ2n) is 4.45. The molecule has 3 N–H and O–H groups in total. The lowest BCUT2D eigenvalue weighted by molar-refractivity contribution is 0.0601. The zero-order chi connectivity index (χ0) is 16.7. The summed E-state index contributed by atoms with van der Waals surface area (Å²) in [6.45, 7) is 0. The van der Waals surface area contributed by atoms with Crippen LogP contribution in [0.15, 0.2) is 53.6 Å². The number of thiocarbonyl (C=S) groups is 1. The van der Waals surface area contributed by atoms with Crippen LogP contribution in [0.2, 0.25) is 0 Å². The van der Waals surface area contributed by atoms with Gasteiger partial charge in [0.15, 0.2) is 5.11 Å². The summed E-state index contributed by atoms with van der Waals surface area (Å²) in [7, 11) is 1.33. The van der Waals surface area contributed by atoms with Gasteiger partial charge in [0.2, 0.25) is 0 Å². The Morgan fingerprint density at radius 2 is 1.91 bits per heavy atom. The lowest BCUT2D eigenvalue weighted by Crippen LogP contribution is -2.23. The maximum Gasteiger partial charge on any atom is 0.337 e. The molecule has 0 heterocycles. The molecule has 0 saturated heterocycles. The molecule has 0 aromatic heterocycles. The number of hydrogen-bond acceptors (Lipinski definition) is 5. The number of rotatable bonds is 4. The molecule has 0 unspecified atom stereocenters. The molecule has 2 aromatic rings. The SMILES string of the molecule is COC(=O)c1ccc(NC(=S)NN=Cc2ccccc2O)cc1. The molecule has 0 atom stereocenters. The molecule has 0 aliphatic rings. The smallest absolute Gasteiger partial charge is 0.337 e. The lowest BCUT2D eigenvalue weighted by Gasteiger charge is -2.07. The minimum absolute atomic E-state index is 0.135. The number of methoxy groups -OCH3 is 1. The summed E-state index contributed by atoms with van der Waals surface area (Å²) in [5.41, 5.74) is 4.37. The van der Waals surface area contributed by atoms with Crippen LogP contribution in [0, 0.1) is 0 Å². The third-order valence-corrected chi connectivity index (χ3v) is 3.06. The number of ether oxygens (including phenoxy) is 1. The molecule has 0 saturated carbocycles. The molecule has 118 valence electrons. The van der Waals surface area contributed by atoms with E-state index in [2.05, 4.69) is 20.6 Å². The topological polar surface area (TPSA) is 83.0 Å². The standard InChI is InChI=1S/C16H15N3O3S/c1-22-15(21)11-6-8-13(9-7-11)18-16(23)19-17-10-12-4-2-3-5-14(12)20/h2-10,20H,1H3,(H2,18,19,23). The molecule has 6 nitrogen and oxygen atoms in total. The van der Waals surface area contributed by atoms with E-state index in [9.17, 15) is 9.90 Å². The quantitative estimate of drug-likeness (QED) is 0.346. The highest BCUT2D eigenvalue weighted by Gasteiger charge is 2.04. The average molecular weight is 329 g/mol. The Bertz CT molecular complexity index is 730. The summed E-state index contributed by atoms with van der Waals surface area (Å²) in [6.07, 6.45) is 1.46. The van der Waals surface area contributed by atoms with E-state index in [4.69, 9.17) is 12.2 Å². The van der Waals surface area contributed by atoms with Gasteiger partial charge < -0.3 is 15.2 Å². The van der Waals surface area contributed by atoms with Gasteiger partial charge in [0.05, 0.1) is 18.9 Å². The summed E-state index contributed by atoms with van der Waals surface area (Å²) in [5, 5.41) is 16.7. The van der Waals surface area contributed by atoms with E-state index in [0.717, 1.165) is 0 Å². The molecule has 0 aliphatic heterocycles. The number of nitrogens with one attached hydrogen (secondary N) is 2. The number of anilines is 1. The molecule has 0 amide bonds. The van der Waals surface area contributed by atoms with Crippen molar-refractivity contribution in [1.82, 2.24) is 5.43 Å². The Balaban J connectivity index is 1.90.